The van der Waals surface area contributed by atoms with Crippen LogP contribution in [0, 0.1) is 0 Å². The summed E-state index contributed by atoms with van der Waals surface area (Å²) >= 11 is 0. The molecule has 7 heteroatoms. The van der Waals surface area contributed by atoms with E-state index in [1.165, 1.54) is 19.1 Å². The summed E-state index contributed by atoms with van der Waals surface area (Å²) < 4.78 is 10.3. The highest BCUT2D eigenvalue weighted by molar-refractivity contribution is 5.96. The molecule has 0 atom stereocenters. The first-order valence-electron chi connectivity index (χ1n) is 8.05. The summed E-state index contributed by atoms with van der Waals surface area (Å²) in [7, 11) is 0. The van der Waals surface area contributed by atoms with Gasteiger partial charge < -0.3 is 20.1 Å². The molecule has 0 spiro atoms. The van der Waals surface area contributed by atoms with Crippen molar-refractivity contribution in [2.24, 2.45) is 0 Å². The molecule has 7 nitrogen and oxygen atoms in total. The Hall–Kier alpha value is -3.35. The molecule has 0 saturated carbocycles. The zero-order chi connectivity index (χ0) is 18.9. The van der Waals surface area contributed by atoms with Crippen molar-refractivity contribution < 1.29 is 23.9 Å². The minimum absolute atomic E-state index is 0.203. The van der Waals surface area contributed by atoms with E-state index in [0.29, 0.717) is 23.7 Å². The van der Waals surface area contributed by atoms with Gasteiger partial charge in [-0.25, -0.2) is 4.79 Å². The van der Waals surface area contributed by atoms with E-state index in [9.17, 15) is 14.4 Å². The third-order valence-corrected chi connectivity index (χ3v) is 3.22. The number of nitrogens with one attached hydrogen (secondary N) is 2. The van der Waals surface area contributed by atoms with Crippen LogP contribution < -0.4 is 15.4 Å². The van der Waals surface area contributed by atoms with Crippen molar-refractivity contribution in [2.75, 3.05) is 23.8 Å². The van der Waals surface area contributed by atoms with E-state index in [-0.39, 0.29) is 11.5 Å². The van der Waals surface area contributed by atoms with E-state index < -0.39 is 18.5 Å². The number of hydrogen-bond donors (Lipinski definition) is 2. The Morgan fingerprint density at radius 1 is 0.885 bits per heavy atom. The minimum Gasteiger partial charge on any atom is -0.494 e. The van der Waals surface area contributed by atoms with E-state index in [1.807, 2.05) is 6.92 Å². The third-order valence-electron chi connectivity index (χ3n) is 3.22. The van der Waals surface area contributed by atoms with Gasteiger partial charge in [0.2, 0.25) is 5.91 Å². The normalized spacial score (nSPS) is 9.92. The maximum absolute atomic E-state index is 11.9. The summed E-state index contributed by atoms with van der Waals surface area (Å²) in [5, 5.41) is 5.23. The average Bonchev–Trinajstić information content (AvgIpc) is 2.62. The topological polar surface area (TPSA) is 93.7 Å². The lowest BCUT2D eigenvalue weighted by molar-refractivity contribution is -0.119. The molecule has 136 valence electrons. The molecule has 26 heavy (non-hydrogen) atoms. The fourth-order valence-electron chi connectivity index (χ4n) is 2.11. The van der Waals surface area contributed by atoms with Gasteiger partial charge in [-0.05, 0) is 55.5 Å². The van der Waals surface area contributed by atoms with Crippen LogP contribution in [0.4, 0.5) is 11.4 Å². The fourth-order valence-corrected chi connectivity index (χ4v) is 2.11. The molecular weight excluding hydrogens is 336 g/mol. The predicted octanol–water partition coefficient (Wildman–Crippen LogP) is 2.84. The minimum atomic E-state index is -0.624. The largest absolute Gasteiger partial charge is 0.494 e. The summed E-state index contributed by atoms with van der Waals surface area (Å²) in [6, 6.07) is 13.1. The van der Waals surface area contributed by atoms with Crippen molar-refractivity contribution in [1.29, 1.82) is 0 Å². The number of rotatable bonds is 7. The van der Waals surface area contributed by atoms with Crippen LogP contribution in [0.3, 0.4) is 0 Å². The number of carbonyl (C=O) groups excluding carboxylic acids is 3. The van der Waals surface area contributed by atoms with E-state index >= 15 is 0 Å². The molecule has 0 fully saturated rings. The zero-order valence-electron chi connectivity index (χ0n) is 14.6. The number of hydrogen-bond acceptors (Lipinski definition) is 5. The summed E-state index contributed by atoms with van der Waals surface area (Å²) in [6.45, 7) is 3.44. The van der Waals surface area contributed by atoms with Gasteiger partial charge in [0, 0.05) is 18.3 Å². The molecule has 0 saturated heterocycles. The van der Waals surface area contributed by atoms with Gasteiger partial charge in [0.05, 0.1) is 12.2 Å². The van der Waals surface area contributed by atoms with Gasteiger partial charge in [0.15, 0.2) is 6.61 Å². The van der Waals surface area contributed by atoms with Crippen LogP contribution in [-0.2, 0) is 14.3 Å². The van der Waals surface area contributed by atoms with Crippen LogP contribution in [0.5, 0.6) is 5.75 Å². The first kappa shape index (κ1) is 19.0. The molecule has 0 aliphatic carbocycles. The quantitative estimate of drug-likeness (QED) is 0.744. The van der Waals surface area contributed by atoms with Crippen LogP contribution in [-0.4, -0.2) is 31.0 Å². The highest BCUT2D eigenvalue weighted by Crippen LogP contribution is 2.15. The van der Waals surface area contributed by atoms with Crippen LogP contribution in [0.25, 0.3) is 0 Å². The van der Waals surface area contributed by atoms with Crippen molar-refractivity contribution >= 4 is 29.2 Å². The van der Waals surface area contributed by atoms with E-state index in [1.54, 1.807) is 36.4 Å². The lowest BCUT2D eigenvalue weighted by atomic mass is 10.2. The number of esters is 1. The van der Waals surface area contributed by atoms with Crippen LogP contribution in [0.15, 0.2) is 48.5 Å². The van der Waals surface area contributed by atoms with Gasteiger partial charge in [0.25, 0.3) is 5.91 Å². The fraction of sp³-hybridized carbons (Fsp3) is 0.211. The van der Waals surface area contributed by atoms with Gasteiger partial charge >= 0.3 is 5.97 Å². The molecule has 0 radical (unpaired) electrons. The van der Waals surface area contributed by atoms with Gasteiger partial charge in [-0.2, -0.15) is 0 Å². The monoisotopic (exact) mass is 356 g/mol. The van der Waals surface area contributed by atoms with E-state index in [4.69, 9.17) is 9.47 Å². The lowest BCUT2D eigenvalue weighted by Crippen LogP contribution is -2.20. The third kappa shape index (κ3) is 5.94. The molecule has 2 amide bonds. The molecule has 2 N–H and O–H groups in total. The Bertz CT molecular complexity index is 770. The molecule has 2 aromatic carbocycles. The van der Waals surface area contributed by atoms with Crippen LogP contribution >= 0.6 is 0 Å². The number of amides is 2. The second-order valence-electron chi connectivity index (χ2n) is 5.34. The molecule has 0 bridgehead atoms. The van der Waals surface area contributed by atoms with Crippen molar-refractivity contribution in [3.05, 3.63) is 54.1 Å². The maximum Gasteiger partial charge on any atom is 0.338 e. The summed E-state index contributed by atoms with van der Waals surface area (Å²) in [4.78, 5) is 34.8. The Labute approximate surface area is 151 Å². The summed E-state index contributed by atoms with van der Waals surface area (Å²) in [6.07, 6.45) is 0. The Morgan fingerprint density at radius 2 is 1.46 bits per heavy atom. The highest BCUT2D eigenvalue weighted by Gasteiger charge is 2.10. The molecule has 2 aromatic rings. The van der Waals surface area contributed by atoms with Crippen LogP contribution in [0.1, 0.15) is 24.2 Å². The number of carbonyl (C=O) groups is 3. The summed E-state index contributed by atoms with van der Waals surface area (Å²) in [5.74, 6) is -0.565. The first-order chi connectivity index (χ1) is 12.5. The second kappa shape index (κ2) is 9.22. The van der Waals surface area contributed by atoms with Crippen molar-refractivity contribution in [3.63, 3.8) is 0 Å². The number of ether oxygens (including phenoxy) is 2. The van der Waals surface area contributed by atoms with Crippen molar-refractivity contribution in [1.82, 2.24) is 0 Å². The van der Waals surface area contributed by atoms with Crippen molar-refractivity contribution in [3.8, 4) is 5.75 Å². The lowest BCUT2D eigenvalue weighted by Gasteiger charge is -2.08. The Balaban J connectivity index is 1.82. The molecular formula is C19H20N2O5. The molecule has 0 aromatic heterocycles. The zero-order valence-corrected chi connectivity index (χ0v) is 14.6. The molecule has 2 rings (SSSR count). The SMILES string of the molecule is CCOc1ccc(NC(=O)COC(=O)c2ccc(NC(C)=O)cc2)cc1. The summed E-state index contributed by atoms with van der Waals surface area (Å²) in [5.41, 5.74) is 1.43. The maximum atomic E-state index is 11.9. The highest BCUT2D eigenvalue weighted by atomic mass is 16.5. The first-order valence-corrected chi connectivity index (χ1v) is 8.05. The average molecular weight is 356 g/mol. The predicted molar refractivity (Wildman–Crippen MR) is 97.3 cm³/mol. The van der Waals surface area contributed by atoms with Crippen LogP contribution in [0.2, 0.25) is 0 Å². The molecule has 0 aliphatic rings. The van der Waals surface area contributed by atoms with E-state index in [0.717, 1.165) is 0 Å². The number of benzene rings is 2. The Morgan fingerprint density at radius 3 is 2.04 bits per heavy atom. The number of anilines is 2. The van der Waals surface area contributed by atoms with Gasteiger partial charge in [-0.15, -0.1) is 0 Å². The standard InChI is InChI=1S/C19H20N2O5/c1-3-25-17-10-8-16(9-11-17)21-18(23)12-26-19(24)14-4-6-15(7-5-14)20-13(2)22/h4-11H,3,12H2,1-2H3,(H,20,22)(H,21,23). The smallest absolute Gasteiger partial charge is 0.338 e. The van der Waals surface area contributed by atoms with Gasteiger partial charge in [0.1, 0.15) is 5.75 Å². The molecule has 0 heterocycles. The Kier molecular flexibility index (Phi) is 6.73. The van der Waals surface area contributed by atoms with Crippen molar-refractivity contribution in [2.45, 2.75) is 13.8 Å². The van der Waals surface area contributed by atoms with Gasteiger partial charge in [-0.3, -0.25) is 9.59 Å². The second-order valence-corrected chi connectivity index (χ2v) is 5.34. The molecule has 0 unspecified atom stereocenters. The molecule has 0 aliphatic heterocycles. The van der Waals surface area contributed by atoms with Gasteiger partial charge in [-0.1, -0.05) is 0 Å². The van der Waals surface area contributed by atoms with E-state index in [2.05, 4.69) is 10.6 Å².